The van der Waals surface area contributed by atoms with E-state index in [9.17, 15) is 4.79 Å². The summed E-state index contributed by atoms with van der Waals surface area (Å²) in [6.45, 7) is 0.788. The van der Waals surface area contributed by atoms with Gasteiger partial charge >= 0.3 is 5.69 Å². The lowest BCUT2D eigenvalue weighted by molar-refractivity contribution is 0.614. The van der Waals surface area contributed by atoms with Crippen molar-refractivity contribution in [2.24, 2.45) is 5.92 Å². The number of fused-ring (bicyclic) bond motifs is 1. The van der Waals surface area contributed by atoms with Crippen molar-refractivity contribution in [1.29, 1.82) is 0 Å². The highest BCUT2D eigenvalue weighted by Gasteiger charge is 2.24. The van der Waals surface area contributed by atoms with Crippen LogP contribution in [0, 0.1) is 5.92 Å². The Bertz CT molecular complexity index is 914. The molecule has 1 saturated carbocycles. The molecular weight excluding hydrogens is 304 g/mol. The van der Waals surface area contributed by atoms with Crippen molar-refractivity contribution in [2.75, 3.05) is 6.26 Å². The van der Waals surface area contributed by atoms with E-state index in [-0.39, 0.29) is 5.69 Å². The van der Waals surface area contributed by atoms with Crippen LogP contribution in [0.3, 0.4) is 0 Å². The van der Waals surface area contributed by atoms with Crippen LogP contribution >= 0.6 is 11.8 Å². The van der Waals surface area contributed by atoms with Gasteiger partial charge in [-0.05, 0) is 43.2 Å². The van der Waals surface area contributed by atoms with Crippen molar-refractivity contribution < 1.29 is 0 Å². The first-order valence-electron chi connectivity index (χ1n) is 7.90. The summed E-state index contributed by atoms with van der Waals surface area (Å²) in [6, 6.07) is 16.3. The zero-order chi connectivity index (χ0) is 15.8. The molecule has 1 aliphatic carbocycles. The van der Waals surface area contributed by atoms with Crippen molar-refractivity contribution in [3.63, 3.8) is 0 Å². The van der Waals surface area contributed by atoms with Gasteiger partial charge in [0, 0.05) is 22.4 Å². The van der Waals surface area contributed by atoms with Crippen LogP contribution in [0.4, 0.5) is 0 Å². The molecule has 0 N–H and O–H groups in total. The number of thioether (sulfide) groups is 1. The van der Waals surface area contributed by atoms with Crippen molar-refractivity contribution in [3.8, 4) is 11.3 Å². The molecule has 1 heterocycles. The second-order valence-corrected chi connectivity index (χ2v) is 6.93. The summed E-state index contributed by atoms with van der Waals surface area (Å²) >= 11 is 1.71. The molecule has 0 amide bonds. The lowest BCUT2D eigenvalue weighted by atomic mass is 10.1. The first-order chi connectivity index (χ1) is 11.3. The normalized spacial score (nSPS) is 14.3. The van der Waals surface area contributed by atoms with Crippen LogP contribution in [-0.4, -0.2) is 15.8 Å². The number of hydrogen-bond donors (Lipinski definition) is 0. The van der Waals surface area contributed by atoms with Crippen LogP contribution in [0.5, 0.6) is 0 Å². The maximum atomic E-state index is 12.6. The molecular formula is C19H18N2OS. The van der Waals surface area contributed by atoms with Crippen LogP contribution < -0.4 is 5.69 Å². The van der Waals surface area contributed by atoms with Gasteiger partial charge in [0.15, 0.2) is 0 Å². The number of aromatic nitrogens is 2. The SMILES string of the molecule is CSc1ccc2c(c1)c(-c1ccccc1)nc(=O)n2CC1CC1. The van der Waals surface area contributed by atoms with Crippen molar-refractivity contribution >= 4 is 22.7 Å². The van der Waals surface area contributed by atoms with E-state index in [2.05, 4.69) is 29.4 Å². The van der Waals surface area contributed by atoms with E-state index in [4.69, 9.17) is 0 Å². The Hall–Kier alpha value is -2.07. The summed E-state index contributed by atoms with van der Waals surface area (Å²) < 4.78 is 1.85. The number of benzene rings is 2. The quantitative estimate of drug-likeness (QED) is 0.675. The second kappa shape index (κ2) is 5.85. The highest BCUT2D eigenvalue weighted by atomic mass is 32.2. The lowest BCUT2D eigenvalue weighted by Crippen LogP contribution is -2.25. The minimum absolute atomic E-state index is 0.139. The van der Waals surface area contributed by atoms with Gasteiger partial charge in [0.05, 0.1) is 11.2 Å². The fourth-order valence-electron chi connectivity index (χ4n) is 2.94. The fraction of sp³-hybridized carbons (Fsp3) is 0.263. The topological polar surface area (TPSA) is 34.9 Å². The molecule has 0 saturated heterocycles. The molecule has 0 unspecified atom stereocenters. The molecule has 116 valence electrons. The van der Waals surface area contributed by atoms with Crippen molar-refractivity contribution in [1.82, 2.24) is 9.55 Å². The molecule has 0 atom stereocenters. The first-order valence-corrected chi connectivity index (χ1v) is 9.13. The molecule has 1 aromatic heterocycles. The molecule has 3 nitrogen and oxygen atoms in total. The van der Waals surface area contributed by atoms with Crippen molar-refractivity contribution in [2.45, 2.75) is 24.3 Å². The summed E-state index contributed by atoms with van der Waals surface area (Å²) in [5, 5.41) is 1.06. The molecule has 23 heavy (non-hydrogen) atoms. The first kappa shape index (κ1) is 14.5. The smallest absolute Gasteiger partial charge is 0.292 e. The molecule has 0 radical (unpaired) electrons. The summed E-state index contributed by atoms with van der Waals surface area (Å²) in [4.78, 5) is 18.2. The summed E-state index contributed by atoms with van der Waals surface area (Å²) in [5.74, 6) is 0.639. The maximum Gasteiger partial charge on any atom is 0.348 e. The van der Waals surface area contributed by atoms with Gasteiger partial charge in [0.25, 0.3) is 0 Å². The number of rotatable bonds is 4. The summed E-state index contributed by atoms with van der Waals surface area (Å²) in [6.07, 6.45) is 4.51. The molecule has 1 aliphatic rings. The highest BCUT2D eigenvalue weighted by Crippen LogP contribution is 2.33. The van der Waals surface area contributed by atoms with E-state index in [0.717, 1.165) is 28.7 Å². The van der Waals surface area contributed by atoms with E-state index in [1.54, 1.807) is 11.8 Å². The minimum atomic E-state index is -0.139. The van der Waals surface area contributed by atoms with Gasteiger partial charge in [-0.2, -0.15) is 4.98 Å². The average Bonchev–Trinajstić information content (AvgIpc) is 3.41. The van der Waals surface area contributed by atoms with Gasteiger partial charge in [-0.1, -0.05) is 30.3 Å². The summed E-state index contributed by atoms with van der Waals surface area (Å²) in [7, 11) is 0. The third kappa shape index (κ3) is 2.79. The monoisotopic (exact) mass is 322 g/mol. The lowest BCUT2D eigenvalue weighted by Gasteiger charge is -2.13. The minimum Gasteiger partial charge on any atom is -0.292 e. The third-order valence-corrected chi connectivity index (χ3v) is 5.10. The average molecular weight is 322 g/mol. The third-order valence-electron chi connectivity index (χ3n) is 4.37. The Morgan fingerprint density at radius 1 is 1.17 bits per heavy atom. The van der Waals surface area contributed by atoms with Gasteiger partial charge < -0.3 is 0 Å². The van der Waals surface area contributed by atoms with Gasteiger partial charge in [-0.15, -0.1) is 11.8 Å². The highest BCUT2D eigenvalue weighted by molar-refractivity contribution is 7.98. The molecule has 0 bridgehead atoms. The molecule has 4 heteroatoms. The van der Waals surface area contributed by atoms with Crippen molar-refractivity contribution in [3.05, 3.63) is 59.0 Å². The second-order valence-electron chi connectivity index (χ2n) is 6.05. The Labute approximate surface area is 139 Å². The largest absolute Gasteiger partial charge is 0.348 e. The Morgan fingerprint density at radius 3 is 2.65 bits per heavy atom. The molecule has 3 aromatic rings. The molecule has 1 fully saturated rings. The van der Waals surface area contributed by atoms with Gasteiger partial charge in [-0.25, -0.2) is 4.79 Å². The zero-order valence-corrected chi connectivity index (χ0v) is 13.8. The summed E-state index contributed by atoms with van der Waals surface area (Å²) in [5.41, 5.74) is 2.63. The van der Waals surface area contributed by atoms with E-state index in [0.29, 0.717) is 5.92 Å². The molecule has 0 spiro atoms. The maximum absolute atomic E-state index is 12.6. The number of hydrogen-bond acceptors (Lipinski definition) is 3. The van der Waals surface area contributed by atoms with E-state index < -0.39 is 0 Å². The predicted octanol–water partition coefficient (Wildman–Crippen LogP) is 4.20. The van der Waals surface area contributed by atoms with E-state index in [1.807, 2.05) is 34.9 Å². The molecule has 4 rings (SSSR count). The molecule has 0 aliphatic heterocycles. The van der Waals surface area contributed by atoms with Crippen LogP contribution in [-0.2, 0) is 6.54 Å². The zero-order valence-electron chi connectivity index (χ0n) is 13.0. The van der Waals surface area contributed by atoms with E-state index in [1.165, 1.54) is 17.7 Å². The van der Waals surface area contributed by atoms with E-state index >= 15 is 0 Å². The van der Waals surface area contributed by atoms with Crippen LogP contribution in [0.25, 0.3) is 22.2 Å². The van der Waals surface area contributed by atoms with Gasteiger partial charge in [-0.3, -0.25) is 4.57 Å². The Morgan fingerprint density at radius 2 is 1.96 bits per heavy atom. The molecule has 2 aromatic carbocycles. The Kier molecular flexibility index (Phi) is 3.69. The fourth-order valence-corrected chi connectivity index (χ4v) is 3.38. The van der Waals surface area contributed by atoms with Crippen LogP contribution in [0.2, 0.25) is 0 Å². The predicted molar refractivity (Wildman–Crippen MR) is 95.9 cm³/mol. The number of nitrogens with zero attached hydrogens (tertiary/aromatic N) is 2. The van der Waals surface area contributed by atoms with Crippen LogP contribution in [0.15, 0.2) is 58.2 Å². The van der Waals surface area contributed by atoms with Crippen LogP contribution in [0.1, 0.15) is 12.8 Å². The Balaban J connectivity index is 2.00. The van der Waals surface area contributed by atoms with Gasteiger partial charge in [0.1, 0.15) is 0 Å². The standard InChI is InChI=1S/C19H18N2OS/c1-23-15-9-10-17-16(11-15)18(14-5-3-2-4-6-14)20-19(22)21(17)12-13-7-8-13/h2-6,9-11,13H,7-8,12H2,1H3. The van der Waals surface area contributed by atoms with Gasteiger partial charge in [0.2, 0.25) is 0 Å².